The van der Waals surface area contributed by atoms with Gasteiger partial charge in [0, 0.05) is 24.6 Å². The van der Waals surface area contributed by atoms with Crippen molar-refractivity contribution in [3.05, 3.63) is 51.0 Å². The third-order valence-electron chi connectivity index (χ3n) is 4.24. The lowest BCUT2D eigenvalue weighted by Crippen LogP contribution is -2.08. The van der Waals surface area contributed by atoms with E-state index in [0.717, 1.165) is 35.6 Å². The van der Waals surface area contributed by atoms with Crippen molar-refractivity contribution in [1.29, 1.82) is 0 Å². The van der Waals surface area contributed by atoms with Crippen LogP contribution in [0.5, 0.6) is 0 Å². The zero-order chi connectivity index (χ0) is 18.6. The highest BCUT2D eigenvalue weighted by atomic mass is 35.5. The van der Waals surface area contributed by atoms with Crippen LogP contribution in [0.15, 0.2) is 18.2 Å². The molecule has 0 atom stereocenters. The molecule has 1 aromatic heterocycles. The van der Waals surface area contributed by atoms with Gasteiger partial charge in [-0.3, -0.25) is 4.79 Å². The molecule has 25 heavy (non-hydrogen) atoms. The van der Waals surface area contributed by atoms with E-state index < -0.39 is 5.97 Å². The average Bonchev–Trinajstić information content (AvgIpc) is 2.84. The molecule has 136 valence electrons. The van der Waals surface area contributed by atoms with Crippen molar-refractivity contribution < 1.29 is 9.90 Å². The SMILES string of the molecule is Cc1c(CCCCC(=O)O)nc(C(C)C)n1Cc1ccc(Cl)c(Cl)c1. The van der Waals surface area contributed by atoms with Crippen molar-refractivity contribution in [3.63, 3.8) is 0 Å². The van der Waals surface area contributed by atoms with Gasteiger partial charge < -0.3 is 9.67 Å². The number of rotatable bonds is 8. The van der Waals surface area contributed by atoms with Gasteiger partial charge in [-0.15, -0.1) is 0 Å². The lowest BCUT2D eigenvalue weighted by atomic mass is 10.1. The van der Waals surface area contributed by atoms with Crippen LogP contribution in [0.1, 0.15) is 61.8 Å². The molecule has 0 aliphatic heterocycles. The number of carbonyl (C=O) groups is 1. The van der Waals surface area contributed by atoms with Crippen LogP contribution >= 0.6 is 23.2 Å². The van der Waals surface area contributed by atoms with Gasteiger partial charge >= 0.3 is 5.97 Å². The first-order valence-corrected chi connectivity index (χ1v) is 9.26. The van der Waals surface area contributed by atoms with Gasteiger partial charge in [0.25, 0.3) is 0 Å². The number of hydrogen-bond donors (Lipinski definition) is 1. The van der Waals surface area contributed by atoms with E-state index in [4.69, 9.17) is 33.3 Å². The summed E-state index contributed by atoms with van der Waals surface area (Å²) in [7, 11) is 0. The maximum Gasteiger partial charge on any atom is 0.303 e. The minimum atomic E-state index is -0.746. The van der Waals surface area contributed by atoms with Gasteiger partial charge in [-0.1, -0.05) is 43.1 Å². The van der Waals surface area contributed by atoms with E-state index in [-0.39, 0.29) is 6.42 Å². The molecule has 1 aromatic carbocycles. The van der Waals surface area contributed by atoms with E-state index in [1.807, 2.05) is 18.2 Å². The van der Waals surface area contributed by atoms with E-state index >= 15 is 0 Å². The summed E-state index contributed by atoms with van der Waals surface area (Å²) in [5.74, 6) is 0.593. The largest absolute Gasteiger partial charge is 0.481 e. The fourth-order valence-electron chi connectivity index (χ4n) is 2.87. The minimum absolute atomic E-state index is 0.208. The lowest BCUT2D eigenvalue weighted by molar-refractivity contribution is -0.137. The molecule has 0 aliphatic rings. The lowest BCUT2D eigenvalue weighted by Gasteiger charge is -2.13. The summed E-state index contributed by atoms with van der Waals surface area (Å²) < 4.78 is 2.22. The highest BCUT2D eigenvalue weighted by Crippen LogP contribution is 2.26. The molecule has 0 spiro atoms. The number of halogens is 2. The monoisotopic (exact) mass is 382 g/mol. The van der Waals surface area contributed by atoms with Gasteiger partial charge in [0.2, 0.25) is 0 Å². The van der Waals surface area contributed by atoms with Crippen LogP contribution in [0.4, 0.5) is 0 Å². The molecule has 1 N–H and O–H groups in total. The summed E-state index contributed by atoms with van der Waals surface area (Å²) in [6, 6.07) is 5.68. The van der Waals surface area contributed by atoms with Crippen LogP contribution in [-0.4, -0.2) is 20.6 Å². The molecule has 0 amide bonds. The second kappa shape index (κ2) is 8.72. The molecule has 1 heterocycles. The molecule has 4 nitrogen and oxygen atoms in total. The number of nitrogens with zero attached hydrogens (tertiary/aromatic N) is 2. The van der Waals surface area contributed by atoms with Crippen LogP contribution in [0.2, 0.25) is 10.0 Å². The molecule has 0 radical (unpaired) electrons. The molecular weight excluding hydrogens is 359 g/mol. The normalized spacial score (nSPS) is 11.3. The zero-order valence-corrected chi connectivity index (χ0v) is 16.4. The van der Waals surface area contributed by atoms with Crippen LogP contribution in [0.25, 0.3) is 0 Å². The predicted molar refractivity (Wildman–Crippen MR) is 102 cm³/mol. The molecule has 2 aromatic rings. The van der Waals surface area contributed by atoms with E-state index in [9.17, 15) is 4.79 Å². The van der Waals surface area contributed by atoms with Crippen LogP contribution in [-0.2, 0) is 17.8 Å². The Kier molecular flexibility index (Phi) is 6.91. The topological polar surface area (TPSA) is 55.1 Å². The number of benzene rings is 1. The van der Waals surface area contributed by atoms with Crippen molar-refractivity contribution >= 4 is 29.2 Å². The summed E-state index contributed by atoms with van der Waals surface area (Å²) in [6.07, 6.45) is 2.51. The van der Waals surface area contributed by atoms with Crippen molar-refractivity contribution in [2.45, 2.75) is 58.9 Å². The molecule has 0 fully saturated rings. The molecule has 0 unspecified atom stereocenters. The van der Waals surface area contributed by atoms with E-state index in [1.165, 1.54) is 0 Å². The third kappa shape index (κ3) is 5.23. The Bertz CT molecular complexity index is 754. The highest BCUT2D eigenvalue weighted by Gasteiger charge is 2.16. The van der Waals surface area contributed by atoms with E-state index in [0.29, 0.717) is 28.9 Å². The molecular formula is C19H24Cl2N2O2. The van der Waals surface area contributed by atoms with Crippen LogP contribution < -0.4 is 0 Å². The van der Waals surface area contributed by atoms with Gasteiger partial charge in [0.15, 0.2) is 0 Å². The Balaban J connectivity index is 2.20. The van der Waals surface area contributed by atoms with Crippen molar-refractivity contribution in [3.8, 4) is 0 Å². The molecule has 0 aliphatic carbocycles. The third-order valence-corrected chi connectivity index (χ3v) is 4.98. The molecule has 0 bridgehead atoms. The smallest absolute Gasteiger partial charge is 0.303 e. The number of carboxylic acid groups (broad SMARTS) is 1. The molecule has 0 saturated heterocycles. The average molecular weight is 383 g/mol. The maximum atomic E-state index is 10.6. The summed E-state index contributed by atoms with van der Waals surface area (Å²) in [5.41, 5.74) is 3.26. The van der Waals surface area contributed by atoms with Crippen LogP contribution in [0.3, 0.4) is 0 Å². The Morgan fingerprint density at radius 3 is 2.56 bits per heavy atom. The van der Waals surface area contributed by atoms with Crippen molar-refractivity contribution in [1.82, 2.24) is 9.55 Å². The summed E-state index contributed by atoms with van der Waals surface area (Å²) in [6.45, 7) is 7.02. The molecule has 2 rings (SSSR count). The number of aromatic nitrogens is 2. The van der Waals surface area contributed by atoms with E-state index in [2.05, 4.69) is 25.3 Å². The first-order chi connectivity index (χ1) is 11.8. The Morgan fingerprint density at radius 2 is 1.96 bits per heavy atom. The van der Waals surface area contributed by atoms with Crippen LogP contribution in [0, 0.1) is 6.92 Å². The minimum Gasteiger partial charge on any atom is -0.481 e. The predicted octanol–water partition coefficient (Wildman–Crippen LogP) is 5.47. The zero-order valence-electron chi connectivity index (χ0n) is 14.9. The first-order valence-electron chi connectivity index (χ1n) is 8.51. The number of unbranched alkanes of at least 4 members (excludes halogenated alkanes) is 1. The van der Waals surface area contributed by atoms with Gasteiger partial charge in [-0.25, -0.2) is 4.98 Å². The van der Waals surface area contributed by atoms with E-state index in [1.54, 1.807) is 0 Å². The second-order valence-corrected chi connectivity index (χ2v) is 7.41. The molecule has 6 heteroatoms. The Morgan fingerprint density at radius 1 is 1.24 bits per heavy atom. The number of carboxylic acids is 1. The first kappa shape index (κ1) is 19.8. The number of aryl methyl sites for hydroxylation is 1. The standard InChI is InChI=1S/C19H24Cl2N2O2/c1-12(2)19-22-17(6-4-5-7-18(24)25)13(3)23(19)11-14-8-9-15(20)16(21)10-14/h8-10,12H,4-7,11H2,1-3H3,(H,24,25). The van der Waals surface area contributed by atoms with Gasteiger partial charge in [0.1, 0.15) is 5.82 Å². The molecule has 0 saturated carbocycles. The number of hydrogen-bond acceptors (Lipinski definition) is 2. The van der Waals surface area contributed by atoms with Gasteiger partial charge in [-0.05, 0) is 43.9 Å². The van der Waals surface area contributed by atoms with Crippen molar-refractivity contribution in [2.75, 3.05) is 0 Å². The van der Waals surface area contributed by atoms with Gasteiger partial charge in [0.05, 0.1) is 15.7 Å². The van der Waals surface area contributed by atoms with Gasteiger partial charge in [-0.2, -0.15) is 0 Å². The number of imidazole rings is 1. The number of aliphatic carboxylic acids is 1. The second-order valence-electron chi connectivity index (χ2n) is 6.59. The fourth-order valence-corrected chi connectivity index (χ4v) is 3.19. The fraction of sp³-hybridized carbons (Fsp3) is 0.474. The maximum absolute atomic E-state index is 10.6. The summed E-state index contributed by atoms with van der Waals surface area (Å²) in [4.78, 5) is 15.5. The Hall–Kier alpha value is -1.52. The summed E-state index contributed by atoms with van der Waals surface area (Å²) >= 11 is 12.1. The Labute approximate surface area is 158 Å². The quantitative estimate of drug-likeness (QED) is 0.615. The summed E-state index contributed by atoms with van der Waals surface area (Å²) in [5, 5.41) is 9.86. The van der Waals surface area contributed by atoms with Crippen molar-refractivity contribution in [2.24, 2.45) is 0 Å². The highest BCUT2D eigenvalue weighted by molar-refractivity contribution is 6.42.